The lowest BCUT2D eigenvalue weighted by atomic mass is 10.1. The zero-order chi connectivity index (χ0) is 22.7. The van der Waals surface area contributed by atoms with E-state index in [2.05, 4.69) is 58.5 Å². The van der Waals surface area contributed by atoms with Gasteiger partial charge in [-0.1, -0.05) is 91.0 Å². The van der Waals surface area contributed by atoms with Crippen molar-refractivity contribution < 1.29 is 4.57 Å². The van der Waals surface area contributed by atoms with Crippen molar-refractivity contribution in [3.63, 3.8) is 0 Å². The normalized spacial score (nSPS) is 12.2. The highest BCUT2D eigenvalue weighted by atomic mass is 31.2. The molecule has 4 heteroatoms. The van der Waals surface area contributed by atoms with Gasteiger partial charge in [-0.25, -0.2) is 0 Å². The van der Waals surface area contributed by atoms with E-state index < -0.39 is 7.14 Å². The number of hydrogen-bond donors (Lipinski definition) is 2. The highest BCUT2D eigenvalue weighted by molar-refractivity contribution is 7.85. The summed E-state index contributed by atoms with van der Waals surface area (Å²) >= 11 is 0. The molecule has 2 N–H and O–H groups in total. The predicted octanol–water partition coefficient (Wildman–Crippen LogP) is 6.60. The van der Waals surface area contributed by atoms with Crippen LogP contribution < -0.4 is 15.9 Å². The first kappa shape index (κ1) is 19.4. The third-order valence-corrected chi connectivity index (χ3v) is 9.86. The first-order valence-corrected chi connectivity index (χ1v) is 13.1. The Morgan fingerprint density at radius 2 is 0.853 bits per heavy atom. The molecule has 0 amide bonds. The van der Waals surface area contributed by atoms with E-state index in [9.17, 15) is 0 Å². The summed E-state index contributed by atoms with van der Waals surface area (Å²) in [7, 11) is -3.11. The molecule has 0 unspecified atom stereocenters. The second-order valence-corrected chi connectivity index (χ2v) is 11.5. The molecule has 2 heterocycles. The number of para-hydroxylation sites is 2. The lowest BCUT2D eigenvalue weighted by molar-refractivity contribution is 0.592. The molecule has 0 aliphatic heterocycles. The van der Waals surface area contributed by atoms with Crippen LogP contribution in [0.2, 0.25) is 0 Å². The second-order valence-electron chi connectivity index (χ2n) is 8.75. The van der Waals surface area contributed by atoms with Crippen LogP contribution in [0.3, 0.4) is 0 Å². The van der Waals surface area contributed by atoms with Crippen LogP contribution in [-0.4, -0.2) is 9.97 Å². The molecule has 0 saturated carbocycles. The molecule has 34 heavy (non-hydrogen) atoms. The Morgan fingerprint density at radius 1 is 0.412 bits per heavy atom. The van der Waals surface area contributed by atoms with E-state index in [-0.39, 0.29) is 0 Å². The minimum atomic E-state index is -3.11. The van der Waals surface area contributed by atoms with Crippen molar-refractivity contribution >= 4 is 66.7 Å². The molecular weight excluding hydrogens is 435 g/mol. The highest BCUT2D eigenvalue weighted by Crippen LogP contribution is 2.44. The van der Waals surface area contributed by atoms with Gasteiger partial charge in [0, 0.05) is 59.5 Å². The molecule has 0 aliphatic carbocycles. The van der Waals surface area contributed by atoms with Crippen molar-refractivity contribution in [2.75, 3.05) is 0 Å². The van der Waals surface area contributed by atoms with Crippen LogP contribution in [0.4, 0.5) is 0 Å². The standard InChI is InChI=1S/C30H21N2OP/c33-34(20-8-2-1-3-9-20,21-14-16-25-23-10-4-6-12-27(23)31-29(25)18-21)22-15-17-26-24-11-5-7-13-28(24)32-30(26)19-22/h1-19,31-32H. The highest BCUT2D eigenvalue weighted by Gasteiger charge is 2.30. The number of aromatic amines is 2. The zero-order valence-corrected chi connectivity index (χ0v) is 19.2. The van der Waals surface area contributed by atoms with Crippen molar-refractivity contribution in [3.05, 3.63) is 115 Å². The molecule has 3 nitrogen and oxygen atoms in total. The number of aromatic nitrogens is 2. The molecule has 162 valence electrons. The summed E-state index contributed by atoms with van der Waals surface area (Å²) in [5, 5.41) is 7.13. The number of fused-ring (bicyclic) bond motifs is 6. The number of nitrogens with one attached hydrogen (secondary N) is 2. The van der Waals surface area contributed by atoms with Gasteiger partial charge in [-0.15, -0.1) is 0 Å². The maximum Gasteiger partial charge on any atom is 0.171 e. The Labute approximate surface area is 196 Å². The predicted molar refractivity (Wildman–Crippen MR) is 145 cm³/mol. The summed E-state index contributed by atoms with van der Waals surface area (Å²) in [6.07, 6.45) is 0. The van der Waals surface area contributed by atoms with E-state index in [0.29, 0.717) is 0 Å². The minimum Gasteiger partial charge on any atom is -0.354 e. The van der Waals surface area contributed by atoms with Gasteiger partial charge in [-0.3, -0.25) is 0 Å². The molecule has 0 aliphatic rings. The average molecular weight is 456 g/mol. The first-order valence-electron chi connectivity index (χ1n) is 11.4. The van der Waals surface area contributed by atoms with E-state index in [0.717, 1.165) is 48.8 Å². The van der Waals surface area contributed by atoms with Crippen LogP contribution >= 0.6 is 7.14 Å². The molecule has 7 rings (SSSR count). The van der Waals surface area contributed by atoms with Crippen LogP contribution in [0.15, 0.2) is 115 Å². The van der Waals surface area contributed by atoms with Crippen LogP contribution in [0.1, 0.15) is 0 Å². The fraction of sp³-hybridized carbons (Fsp3) is 0. The fourth-order valence-electron chi connectivity index (χ4n) is 5.16. The van der Waals surface area contributed by atoms with Crippen LogP contribution in [0.5, 0.6) is 0 Å². The molecule has 0 atom stereocenters. The third-order valence-electron chi connectivity index (χ3n) is 6.83. The maximum absolute atomic E-state index is 15.1. The van der Waals surface area contributed by atoms with Gasteiger partial charge >= 0.3 is 0 Å². The van der Waals surface area contributed by atoms with Crippen molar-refractivity contribution in [2.24, 2.45) is 0 Å². The van der Waals surface area contributed by atoms with Gasteiger partial charge in [0.2, 0.25) is 0 Å². The van der Waals surface area contributed by atoms with E-state index >= 15 is 4.57 Å². The SMILES string of the molecule is O=P(c1ccccc1)(c1ccc2c(c1)[nH]c1ccccc12)c1ccc2c(c1)[nH]c1ccccc12. The number of hydrogen-bond acceptors (Lipinski definition) is 1. The summed E-state index contributed by atoms with van der Waals surface area (Å²) in [5.74, 6) is 0. The number of H-pyrrole nitrogens is 2. The molecule has 0 saturated heterocycles. The van der Waals surface area contributed by atoms with Crippen LogP contribution in [-0.2, 0) is 4.57 Å². The summed E-state index contributed by atoms with van der Waals surface area (Å²) in [6, 6.07) is 38.8. The van der Waals surface area contributed by atoms with Crippen molar-refractivity contribution in [1.82, 2.24) is 9.97 Å². The van der Waals surface area contributed by atoms with Crippen LogP contribution in [0, 0.1) is 0 Å². The molecular formula is C30H21N2OP. The van der Waals surface area contributed by atoms with Gasteiger partial charge in [0.1, 0.15) is 0 Å². The van der Waals surface area contributed by atoms with Crippen LogP contribution in [0.25, 0.3) is 43.6 Å². The zero-order valence-electron chi connectivity index (χ0n) is 18.3. The smallest absolute Gasteiger partial charge is 0.171 e. The average Bonchev–Trinajstić information content (AvgIpc) is 3.46. The molecule has 0 bridgehead atoms. The Hall–Kier alpha value is -4.07. The Balaban J connectivity index is 1.50. The van der Waals surface area contributed by atoms with E-state index in [1.165, 1.54) is 10.8 Å². The van der Waals surface area contributed by atoms with E-state index in [4.69, 9.17) is 0 Å². The molecule has 0 fully saturated rings. The Morgan fingerprint density at radius 3 is 1.38 bits per heavy atom. The largest absolute Gasteiger partial charge is 0.354 e. The van der Waals surface area contributed by atoms with E-state index in [1.54, 1.807) is 0 Å². The van der Waals surface area contributed by atoms with Gasteiger partial charge in [-0.2, -0.15) is 0 Å². The van der Waals surface area contributed by atoms with Gasteiger partial charge in [-0.05, 0) is 24.3 Å². The summed E-state index contributed by atoms with van der Waals surface area (Å²) in [5.41, 5.74) is 4.18. The number of rotatable bonds is 3. The first-order chi connectivity index (χ1) is 16.7. The summed E-state index contributed by atoms with van der Waals surface area (Å²) < 4.78 is 15.1. The molecule has 2 aromatic heterocycles. The van der Waals surface area contributed by atoms with Crippen molar-refractivity contribution in [3.8, 4) is 0 Å². The second kappa shape index (κ2) is 7.21. The Kier molecular flexibility index (Phi) is 4.12. The Bertz CT molecular complexity index is 1780. The van der Waals surface area contributed by atoms with E-state index in [1.807, 2.05) is 66.7 Å². The topological polar surface area (TPSA) is 48.6 Å². The third kappa shape index (κ3) is 2.74. The van der Waals surface area contributed by atoms with Gasteiger partial charge in [0.15, 0.2) is 7.14 Å². The van der Waals surface area contributed by atoms with Gasteiger partial charge in [0.05, 0.1) is 0 Å². The van der Waals surface area contributed by atoms with Gasteiger partial charge < -0.3 is 14.5 Å². The maximum atomic E-state index is 15.1. The fourth-order valence-corrected chi connectivity index (χ4v) is 7.84. The lowest BCUT2D eigenvalue weighted by Gasteiger charge is -2.20. The molecule has 0 spiro atoms. The lowest BCUT2D eigenvalue weighted by Crippen LogP contribution is -2.25. The summed E-state index contributed by atoms with van der Waals surface area (Å²) in [6.45, 7) is 0. The van der Waals surface area contributed by atoms with Crippen molar-refractivity contribution in [2.45, 2.75) is 0 Å². The molecule has 5 aromatic carbocycles. The minimum absolute atomic E-state index is 0.827. The quantitative estimate of drug-likeness (QED) is 0.289. The molecule has 7 aromatic rings. The van der Waals surface area contributed by atoms with Crippen molar-refractivity contribution in [1.29, 1.82) is 0 Å². The van der Waals surface area contributed by atoms with Gasteiger partial charge in [0.25, 0.3) is 0 Å². The molecule has 0 radical (unpaired) electrons. The number of benzene rings is 5. The summed E-state index contributed by atoms with van der Waals surface area (Å²) in [4.78, 5) is 7.03. The monoisotopic (exact) mass is 456 g/mol.